The number of nitrogens with two attached hydrogens (primary N) is 2. The molecule has 15 heavy (non-hydrogen) atoms. The van der Waals surface area contributed by atoms with Gasteiger partial charge in [0.2, 0.25) is 0 Å². The maximum absolute atomic E-state index is 6.05. The number of nitrogens with zero attached hydrogens (tertiary/aromatic N) is 1. The number of hydrogen-bond acceptors (Lipinski definition) is 4. The van der Waals surface area contributed by atoms with E-state index in [2.05, 4.69) is 4.98 Å². The Morgan fingerprint density at radius 1 is 1.47 bits per heavy atom. The van der Waals surface area contributed by atoms with Crippen LogP contribution in [0.3, 0.4) is 0 Å². The molecule has 2 aromatic rings. The summed E-state index contributed by atoms with van der Waals surface area (Å²) in [5, 5.41) is 0. The molecule has 1 atom stereocenters. The lowest BCUT2D eigenvalue weighted by Gasteiger charge is -2.22. The molecule has 4 nitrogen and oxygen atoms in total. The van der Waals surface area contributed by atoms with Crippen LogP contribution >= 0.6 is 0 Å². The first kappa shape index (κ1) is 10.1. The molecule has 0 aliphatic rings. The van der Waals surface area contributed by atoms with Gasteiger partial charge < -0.3 is 15.9 Å². The molecular formula is C11H15N3O. The maximum atomic E-state index is 6.05. The van der Waals surface area contributed by atoms with E-state index in [1.165, 1.54) is 0 Å². The monoisotopic (exact) mass is 205 g/mol. The minimum atomic E-state index is -0.513. The zero-order valence-corrected chi connectivity index (χ0v) is 8.95. The average Bonchev–Trinajstić information content (AvgIpc) is 2.56. The Kier molecular flexibility index (Phi) is 2.25. The van der Waals surface area contributed by atoms with Crippen molar-refractivity contribution >= 4 is 11.1 Å². The zero-order chi connectivity index (χ0) is 11.1. The van der Waals surface area contributed by atoms with Crippen LogP contribution in [0.1, 0.15) is 18.4 Å². The number of fused-ring (bicyclic) bond motifs is 1. The van der Waals surface area contributed by atoms with Crippen LogP contribution < -0.4 is 11.5 Å². The van der Waals surface area contributed by atoms with Gasteiger partial charge in [-0.1, -0.05) is 6.07 Å². The molecule has 2 rings (SSSR count). The van der Waals surface area contributed by atoms with E-state index in [4.69, 9.17) is 15.9 Å². The van der Waals surface area contributed by atoms with Gasteiger partial charge in [-0.15, -0.1) is 0 Å². The van der Waals surface area contributed by atoms with E-state index < -0.39 is 5.54 Å². The fourth-order valence-electron chi connectivity index (χ4n) is 1.52. The summed E-state index contributed by atoms with van der Waals surface area (Å²) in [5.41, 5.74) is 13.7. The number of aromatic nitrogens is 1. The van der Waals surface area contributed by atoms with E-state index in [9.17, 15) is 0 Å². The van der Waals surface area contributed by atoms with Gasteiger partial charge in [-0.2, -0.15) is 0 Å². The second kappa shape index (κ2) is 3.32. The number of benzene rings is 1. The summed E-state index contributed by atoms with van der Waals surface area (Å²) in [6, 6.07) is 5.74. The van der Waals surface area contributed by atoms with Crippen LogP contribution in [0.25, 0.3) is 11.1 Å². The van der Waals surface area contributed by atoms with Gasteiger partial charge in [0, 0.05) is 13.5 Å². The van der Waals surface area contributed by atoms with Crippen LogP contribution in [0.15, 0.2) is 22.6 Å². The molecule has 1 unspecified atom stereocenters. The van der Waals surface area contributed by atoms with Crippen molar-refractivity contribution in [2.75, 3.05) is 6.54 Å². The lowest BCUT2D eigenvalue weighted by Crippen LogP contribution is -2.40. The largest absolute Gasteiger partial charge is 0.441 e. The number of rotatable bonds is 2. The molecule has 1 aromatic heterocycles. The maximum Gasteiger partial charge on any atom is 0.192 e. The number of hydrogen-bond donors (Lipinski definition) is 2. The minimum absolute atomic E-state index is 0.398. The zero-order valence-electron chi connectivity index (χ0n) is 8.95. The van der Waals surface area contributed by atoms with Crippen LogP contribution in [0, 0.1) is 6.92 Å². The Morgan fingerprint density at radius 3 is 2.87 bits per heavy atom. The molecule has 1 aromatic carbocycles. The van der Waals surface area contributed by atoms with Gasteiger partial charge in [0.1, 0.15) is 5.52 Å². The van der Waals surface area contributed by atoms with Crippen LogP contribution in [-0.2, 0) is 5.54 Å². The molecule has 0 bridgehead atoms. The smallest absolute Gasteiger partial charge is 0.192 e. The van der Waals surface area contributed by atoms with E-state index in [0.717, 1.165) is 16.7 Å². The summed E-state index contributed by atoms with van der Waals surface area (Å²) in [4.78, 5) is 4.26. The first-order chi connectivity index (χ1) is 7.03. The Labute approximate surface area is 88.3 Å². The van der Waals surface area contributed by atoms with Crippen molar-refractivity contribution < 1.29 is 4.42 Å². The van der Waals surface area contributed by atoms with Crippen molar-refractivity contribution in [1.29, 1.82) is 0 Å². The minimum Gasteiger partial charge on any atom is -0.441 e. The summed E-state index contributed by atoms with van der Waals surface area (Å²) in [6.07, 6.45) is 0. The highest BCUT2D eigenvalue weighted by molar-refractivity contribution is 5.73. The van der Waals surface area contributed by atoms with E-state index >= 15 is 0 Å². The lowest BCUT2D eigenvalue weighted by molar-refractivity contribution is 0.508. The SMILES string of the molecule is Cc1nc2cc(C(C)(N)CN)ccc2o1. The van der Waals surface area contributed by atoms with Crippen molar-refractivity contribution in [1.82, 2.24) is 4.98 Å². The van der Waals surface area contributed by atoms with Crippen molar-refractivity contribution in [2.24, 2.45) is 11.5 Å². The third-order valence-electron chi connectivity index (χ3n) is 2.58. The summed E-state index contributed by atoms with van der Waals surface area (Å²) >= 11 is 0. The van der Waals surface area contributed by atoms with Crippen LogP contribution in [0.5, 0.6) is 0 Å². The normalized spacial score (nSPS) is 15.5. The molecule has 0 radical (unpaired) electrons. The highest BCUT2D eigenvalue weighted by Gasteiger charge is 2.19. The van der Waals surface area contributed by atoms with E-state index in [-0.39, 0.29) is 0 Å². The van der Waals surface area contributed by atoms with Gasteiger partial charge in [0.15, 0.2) is 11.5 Å². The molecule has 80 valence electrons. The summed E-state index contributed by atoms with van der Waals surface area (Å²) in [6.45, 7) is 4.13. The van der Waals surface area contributed by atoms with Crippen LogP contribution in [-0.4, -0.2) is 11.5 Å². The fraction of sp³-hybridized carbons (Fsp3) is 0.364. The standard InChI is InChI=1S/C11H15N3O/c1-7-14-9-5-8(11(2,13)6-12)3-4-10(9)15-7/h3-5H,6,12-13H2,1-2H3. The predicted octanol–water partition coefficient (Wildman–Crippen LogP) is 1.27. The first-order valence-corrected chi connectivity index (χ1v) is 4.89. The van der Waals surface area contributed by atoms with Crippen molar-refractivity contribution in [2.45, 2.75) is 19.4 Å². The molecule has 0 aliphatic heterocycles. The summed E-state index contributed by atoms with van der Waals surface area (Å²) < 4.78 is 5.39. The Morgan fingerprint density at radius 2 is 2.20 bits per heavy atom. The molecule has 0 aliphatic carbocycles. The Bertz CT molecular complexity index is 488. The van der Waals surface area contributed by atoms with Crippen molar-refractivity contribution in [3.05, 3.63) is 29.7 Å². The van der Waals surface area contributed by atoms with Crippen LogP contribution in [0.4, 0.5) is 0 Å². The number of aryl methyl sites for hydroxylation is 1. The molecule has 0 saturated heterocycles. The summed E-state index contributed by atoms with van der Waals surface area (Å²) in [5.74, 6) is 0.661. The quantitative estimate of drug-likeness (QED) is 0.773. The Hall–Kier alpha value is -1.39. The molecule has 0 spiro atoms. The fourth-order valence-corrected chi connectivity index (χ4v) is 1.52. The van der Waals surface area contributed by atoms with E-state index in [1.54, 1.807) is 0 Å². The van der Waals surface area contributed by atoms with Crippen molar-refractivity contribution in [3.63, 3.8) is 0 Å². The van der Waals surface area contributed by atoms with Gasteiger partial charge in [0.05, 0.1) is 5.54 Å². The van der Waals surface area contributed by atoms with Gasteiger partial charge in [-0.25, -0.2) is 4.98 Å². The molecule has 0 amide bonds. The topological polar surface area (TPSA) is 78.1 Å². The van der Waals surface area contributed by atoms with E-state index in [1.807, 2.05) is 32.0 Å². The van der Waals surface area contributed by atoms with Gasteiger partial charge in [0.25, 0.3) is 0 Å². The third kappa shape index (κ3) is 1.73. The highest BCUT2D eigenvalue weighted by atomic mass is 16.3. The van der Waals surface area contributed by atoms with Gasteiger partial charge in [-0.05, 0) is 24.6 Å². The molecule has 4 heteroatoms. The highest BCUT2D eigenvalue weighted by Crippen LogP contribution is 2.22. The second-order valence-corrected chi connectivity index (χ2v) is 4.04. The van der Waals surface area contributed by atoms with Crippen LogP contribution in [0.2, 0.25) is 0 Å². The van der Waals surface area contributed by atoms with Crippen molar-refractivity contribution in [3.8, 4) is 0 Å². The van der Waals surface area contributed by atoms with Gasteiger partial charge >= 0.3 is 0 Å². The molecule has 0 fully saturated rings. The summed E-state index contributed by atoms with van der Waals surface area (Å²) in [7, 11) is 0. The Balaban J connectivity index is 2.55. The lowest BCUT2D eigenvalue weighted by atomic mass is 9.93. The molecule has 1 heterocycles. The predicted molar refractivity (Wildman–Crippen MR) is 59.3 cm³/mol. The molecular weight excluding hydrogens is 190 g/mol. The first-order valence-electron chi connectivity index (χ1n) is 4.89. The third-order valence-corrected chi connectivity index (χ3v) is 2.58. The van der Waals surface area contributed by atoms with E-state index in [0.29, 0.717) is 12.4 Å². The molecule has 0 saturated carbocycles. The second-order valence-electron chi connectivity index (χ2n) is 4.04. The number of oxazole rings is 1. The average molecular weight is 205 g/mol. The van der Waals surface area contributed by atoms with Gasteiger partial charge in [-0.3, -0.25) is 0 Å². The molecule has 4 N–H and O–H groups in total.